The van der Waals surface area contributed by atoms with Gasteiger partial charge in [-0.05, 0) is 30.2 Å². The first-order valence-corrected chi connectivity index (χ1v) is 9.66. The Morgan fingerprint density at radius 2 is 2.03 bits per heavy atom. The van der Waals surface area contributed by atoms with Gasteiger partial charge < -0.3 is 15.2 Å². The van der Waals surface area contributed by atoms with Crippen LogP contribution in [0.1, 0.15) is 24.1 Å². The largest absolute Gasteiger partial charge is 0.497 e. The van der Waals surface area contributed by atoms with Gasteiger partial charge in [0.2, 0.25) is 0 Å². The van der Waals surface area contributed by atoms with E-state index in [1.165, 1.54) is 30.0 Å². The number of non-ortho nitro benzene ring substituents is 1. The molecule has 1 atom stereocenters. The van der Waals surface area contributed by atoms with Crippen molar-refractivity contribution in [1.29, 1.82) is 0 Å². The van der Waals surface area contributed by atoms with Gasteiger partial charge in [0.1, 0.15) is 11.8 Å². The van der Waals surface area contributed by atoms with E-state index in [0.717, 1.165) is 11.3 Å². The summed E-state index contributed by atoms with van der Waals surface area (Å²) in [5.41, 5.74) is 1.93. The number of hydrogen-bond acceptors (Lipinski definition) is 7. The number of nitrogens with one attached hydrogen (secondary N) is 1. The van der Waals surface area contributed by atoms with Crippen LogP contribution in [-0.4, -0.2) is 28.3 Å². The third kappa shape index (κ3) is 4.75. The van der Waals surface area contributed by atoms with Gasteiger partial charge >= 0.3 is 5.97 Å². The van der Waals surface area contributed by atoms with Crippen molar-refractivity contribution in [1.82, 2.24) is 5.32 Å². The molecular formula is C20H19N3O5S. The zero-order valence-corrected chi connectivity index (χ0v) is 16.6. The van der Waals surface area contributed by atoms with E-state index in [0.29, 0.717) is 22.2 Å². The summed E-state index contributed by atoms with van der Waals surface area (Å²) < 4.78 is 5.15. The molecule has 0 bridgehead atoms. The van der Waals surface area contributed by atoms with Crippen LogP contribution in [0.3, 0.4) is 0 Å². The van der Waals surface area contributed by atoms with Crippen LogP contribution < -0.4 is 10.1 Å². The summed E-state index contributed by atoms with van der Waals surface area (Å²) in [6.45, 7) is 1.66. The summed E-state index contributed by atoms with van der Waals surface area (Å²) in [5, 5.41) is 24.3. The molecule has 9 heteroatoms. The molecule has 1 aliphatic rings. The predicted octanol–water partition coefficient (Wildman–Crippen LogP) is 3.90. The number of nitro groups is 1. The molecule has 0 fully saturated rings. The Kier molecular flexibility index (Phi) is 6.18. The first-order chi connectivity index (χ1) is 13.9. The van der Waals surface area contributed by atoms with E-state index >= 15 is 0 Å². The third-order valence-electron chi connectivity index (χ3n) is 4.38. The van der Waals surface area contributed by atoms with Gasteiger partial charge in [-0.1, -0.05) is 36.0 Å². The van der Waals surface area contributed by atoms with E-state index in [4.69, 9.17) is 4.74 Å². The molecule has 8 nitrogen and oxygen atoms in total. The summed E-state index contributed by atoms with van der Waals surface area (Å²) in [6, 6.07) is 12.7. The number of aliphatic carboxylic acids is 1. The second-order valence-electron chi connectivity index (χ2n) is 6.29. The van der Waals surface area contributed by atoms with Crippen molar-refractivity contribution in [2.24, 2.45) is 4.99 Å². The molecule has 0 saturated heterocycles. The number of thioether (sulfide) groups is 1. The van der Waals surface area contributed by atoms with Crippen molar-refractivity contribution < 1.29 is 19.6 Å². The van der Waals surface area contributed by atoms with Crippen molar-refractivity contribution in [3.8, 4) is 5.75 Å². The van der Waals surface area contributed by atoms with Crippen LogP contribution >= 0.6 is 11.8 Å². The van der Waals surface area contributed by atoms with Gasteiger partial charge in [-0.2, -0.15) is 0 Å². The average molecular weight is 413 g/mol. The highest BCUT2D eigenvalue weighted by molar-refractivity contribution is 8.13. The number of nitro benzene ring substituents is 1. The lowest BCUT2D eigenvalue weighted by molar-refractivity contribution is -0.384. The van der Waals surface area contributed by atoms with E-state index in [1.807, 2.05) is 24.3 Å². The highest BCUT2D eigenvalue weighted by atomic mass is 32.2. The molecule has 150 valence electrons. The van der Waals surface area contributed by atoms with Gasteiger partial charge in [0, 0.05) is 23.6 Å². The normalized spacial score (nSPS) is 16.1. The molecule has 29 heavy (non-hydrogen) atoms. The summed E-state index contributed by atoms with van der Waals surface area (Å²) in [6.07, 6.45) is 0. The van der Waals surface area contributed by atoms with E-state index in [-0.39, 0.29) is 11.3 Å². The number of allylic oxidation sites excluding steroid dienone is 1. The zero-order valence-electron chi connectivity index (χ0n) is 15.8. The highest BCUT2D eigenvalue weighted by Gasteiger charge is 2.30. The second kappa shape index (κ2) is 8.78. The van der Waals surface area contributed by atoms with Gasteiger partial charge in [-0.3, -0.25) is 10.1 Å². The molecule has 2 aromatic carbocycles. The van der Waals surface area contributed by atoms with Gasteiger partial charge in [0.15, 0.2) is 5.17 Å². The first kappa shape index (κ1) is 20.4. The number of methoxy groups -OCH3 is 1. The maximum Gasteiger partial charge on any atom is 0.335 e. The van der Waals surface area contributed by atoms with E-state index in [2.05, 4.69) is 10.3 Å². The molecule has 3 rings (SSSR count). The number of nitrogens with zero attached hydrogens (tertiary/aromatic N) is 2. The van der Waals surface area contributed by atoms with Crippen LogP contribution in [0.2, 0.25) is 0 Å². The smallest absolute Gasteiger partial charge is 0.335 e. The fraction of sp³-hybridized carbons (Fsp3) is 0.200. The minimum absolute atomic E-state index is 0.0688. The van der Waals surface area contributed by atoms with Crippen molar-refractivity contribution >= 4 is 28.6 Å². The number of hydrogen-bond donors (Lipinski definition) is 2. The monoisotopic (exact) mass is 413 g/mol. The standard InChI is InChI=1S/C20H19N3O5S/c1-12-17(19(24)25)18(14-4-3-5-15(10-14)23(26)27)22-20(21-12)29-11-13-6-8-16(28-2)9-7-13/h3-10,18H,11H2,1-2H3,(H,21,22)(H,24,25). The molecule has 1 unspecified atom stereocenters. The molecule has 1 heterocycles. The predicted molar refractivity (Wildman–Crippen MR) is 111 cm³/mol. The van der Waals surface area contributed by atoms with Gasteiger partial charge in [-0.25, -0.2) is 9.79 Å². The topological polar surface area (TPSA) is 114 Å². The molecular weight excluding hydrogens is 394 g/mol. The number of carboxylic acid groups (broad SMARTS) is 1. The molecule has 0 saturated carbocycles. The fourth-order valence-corrected chi connectivity index (χ4v) is 3.82. The van der Waals surface area contributed by atoms with Crippen LogP contribution in [-0.2, 0) is 10.5 Å². The van der Waals surface area contributed by atoms with Crippen molar-refractivity contribution in [3.63, 3.8) is 0 Å². The zero-order chi connectivity index (χ0) is 21.0. The Balaban J connectivity index is 1.87. The number of benzene rings is 2. The van der Waals surface area contributed by atoms with Crippen molar-refractivity contribution in [2.75, 3.05) is 7.11 Å². The lowest BCUT2D eigenvalue weighted by Crippen LogP contribution is -2.29. The van der Waals surface area contributed by atoms with Gasteiger partial charge in [0.25, 0.3) is 5.69 Å². The first-order valence-electron chi connectivity index (χ1n) is 8.68. The molecule has 0 aromatic heterocycles. The number of carbonyl (C=O) groups is 1. The summed E-state index contributed by atoms with van der Waals surface area (Å²) in [7, 11) is 1.60. The van der Waals surface area contributed by atoms with Crippen LogP contribution in [0.4, 0.5) is 5.69 Å². The van der Waals surface area contributed by atoms with Crippen LogP contribution in [0.5, 0.6) is 5.75 Å². The fourth-order valence-electron chi connectivity index (χ4n) is 2.92. The lowest BCUT2D eigenvalue weighted by atomic mass is 9.96. The third-order valence-corrected chi connectivity index (χ3v) is 5.34. The molecule has 2 aromatic rings. The van der Waals surface area contributed by atoms with Crippen LogP contribution in [0, 0.1) is 10.1 Å². The van der Waals surface area contributed by atoms with E-state index < -0.39 is 16.9 Å². The SMILES string of the molecule is COc1ccc(CSC2=NC(c3cccc([N+](=O)[O-])c3)C(C(=O)O)=C(C)N2)cc1. The van der Waals surface area contributed by atoms with Crippen LogP contribution in [0.25, 0.3) is 0 Å². The van der Waals surface area contributed by atoms with E-state index in [9.17, 15) is 20.0 Å². The Morgan fingerprint density at radius 3 is 2.66 bits per heavy atom. The Hall–Kier alpha value is -3.33. The number of carboxylic acids is 1. The maximum atomic E-state index is 11.8. The highest BCUT2D eigenvalue weighted by Crippen LogP contribution is 2.34. The molecule has 0 spiro atoms. The maximum absolute atomic E-state index is 11.8. The minimum Gasteiger partial charge on any atom is -0.497 e. The number of rotatable bonds is 6. The van der Waals surface area contributed by atoms with Gasteiger partial charge in [0.05, 0.1) is 17.6 Å². The minimum atomic E-state index is -1.12. The molecule has 2 N–H and O–H groups in total. The lowest BCUT2D eigenvalue weighted by Gasteiger charge is -2.24. The van der Waals surface area contributed by atoms with Crippen molar-refractivity contribution in [3.05, 3.63) is 81.0 Å². The molecule has 0 radical (unpaired) electrons. The molecule has 0 amide bonds. The number of aliphatic imine (C=N–C) groups is 1. The summed E-state index contributed by atoms with van der Waals surface area (Å²) >= 11 is 1.43. The van der Waals surface area contributed by atoms with Crippen molar-refractivity contribution in [2.45, 2.75) is 18.7 Å². The number of ether oxygens (including phenoxy) is 1. The second-order valence-corrected chi connectivity index (χ2v) is 7.26. The molecule has 1 aliphatic heterocycles. The van der Waals surface area contributed by atoms with Crippen LogP contribution in [0.15, 0.2) is 64.8 Å². The summed E-state index contributed by atoms with van der Waals surface area (Å²) in [5.74, 6) is 0.268. The Morgan fingerprint density at radius 1 is 1.31 bits per heavy atom. The Labute approximate surface area is 171 Å². The van der Waals surface area contributed by atoms with Gasteiger partial charge in [-0.15, -0.1) is 0 Å². The average Bonchev–Trinajstić information content (AvgIpc) is 2.72. The quantitative estimate of drug-likeness (QED) is 0.545. The Bertz CT molecular complexity index is 1000. The molecule has 0 aliphatic carbocycles. The number of amidine groups is 1. The van der Waals surface area contributed by atoms with E-state index in [1.54, 1.807) is 20.1 Å². The summed E-state index contributed by atoms with van der Waals surface area (Å²) in [4.78, 5) is 26.9.